The van der Waals surface area contributed by atoms with Gasteiger partial charge in [0.15, 0.2) is 0 Å². The molecule has 0 aliphatic rings. The van der Waals surface area contributed by atoms with Crippen LogP contribution in [0, 0.1) is 10.1 Å². The van der Waals surface area contributed by atoms with Gasteiger partial charge >= 0.3 is 6.18 Å². The Hall–Kier alpha value is -1.83. The molecule has 2 N–H and O–H groups in total. The zero-order chi connectivity index (χ0) is 16.3. The summed E-state index contributed by atoms with van der Waals surface area (Å²) in [5.74, 6) is -0.454. The predicted octanol–water partition coefficient (Wildman–Crippen LogP) is 3.51. The highest BCUT2D eigenvalue weighted by molar-refractivity contribution is 5.45. The molecule has 0 aromatic heterocycles. The lowest BCUT2D eigenvalue weighted by molar-refractivity contribution is -0.385. The molecule has 8 heteroatoms. The number of non-ortho nitro benzene ring substituents is 1. The standard InChI is InChI=1S/C13H17F3N2O3/c1-3-12(17,4-2)8-21-11-6-5-9(18(19)20)7-10(11)13(14,15)16/h5-7H,3-4,8,17H2,1-2H3. The molecule has 5 nitrogen and oxygen atoms in total. The fraction of sp³-hybridized carbons (Fsp3) is 0.538. The third kappa shape index (κ3) is 4.32. The van der Waals surface area contributed by atoms with Crippen molar-refractivity contribution in [1.82, 2.24) is 0 Å². The van der Waals surface area contributed by atoms with E-state index in [4.69, 9.17) is 10.5 Å². The first-order valence-corrected chi connectivity index (χ1v) is 6.40. The maximum Gasteiger partial charge on any atom is 0.420 e. The van der Waals surface area contributed by atoms with Crippen LogP contribution in [0.4, 0.5) is 18.9 Å². The van der Waals surface area contributed by atoms with E-state index in [1.807, 2.05) is 13.8 Å². The summed E-state index contributed by atoms with van der Waals surface area (Å²) in [7, 11) is 0. The lowest BCUT2D eigenvalue weighted by Crippen LogP contribution is -2.44. The van der Waals surface area contributed by atoms with E-state index in [1.54, 1.807) is 0 Å². The number of benzene rings is 1. The zero-order valence-electron chi connectivity index (χ0n) is 11.7. The molecule has 1 rings (SSSR count). The van der Waals surface area contributed by atoms with Crippen LogP contribution in [0.25, 0.3) is 0 Å². The molecule has 0 fully saturated rings. The fourth-order valence-electron chi connectivity index (χ4n) is 1.65. The van der Waals surface area contributed by atoms with Gasteiger partial charge < -0.3 is 10.5 Å². The summed E-state index contributed by atoms with van der Waals surface area (Å²) >= 11 is 0. The zero-order valence-corrected chi connectivity index (χ0v) is 11.7. The number of nitrogens with two attached hydrogens (primary N) is 1. The molecule has 0 aliphatic heterocycles. The molecular weight excluding hydrogens is 289 g/mol. The Balaban J connectivity index is 3.10. The molecule has 0 unspecified atom stereocenters. The molecule has 1 aromatic rings. The molecule has 118 valence electrons. The second kappa shape index (κ2) is 6.30. The smallest absolute Gasteiger partial charge is 0.420 e. The van der Waals surface area contributed by atoms with Crippen molar-refractivity contribution in [1.29, 1.82) is 0 Å². The van der Waals surface area contributed by atoms with Gasteiger partial charge in [0.25, 0.3) is 5.69 Å². The van der Waals surface area contributed by atoms with E-state index < -0.39 is 33.6 Å². The van der Waals surface area contributed by atoms with Crippen molar-refractivity contribution in [3.63, 3.8) is 0 Å². The summed E-state index contributed by atoms with van der Waals surface area (Å²) in [4.78, 5) is 9.69. The second-order valence-corrected chi connectivity index (χ2v) is 4.79. The SMILES string of the molecule is CCC(N)(CC)COc1ccc([N+](=O)[O-])cc1C(F)(F)F. The average molecular weight is 306 g/mol. The van der Waals surface area contributed by atoms with E-state index in [9.17, 15) is 23.3 Å². The molecule has 0 heterocycles. The van der Waals surface area contributed by atoms with E-state index in [-0.39, 0.29) is 6.61 Å². The van der Waals surface area contributed by atoms with Gasteiger partial charge in [-0.3, -0.25) is 10.1 Å². The van der Waals surface area contributed by atoms with Crippen molar-refractivity contribution in [2.75, 3.05) is 6.61 Å². The van der Waals surface area contributed by atoms with Crippen LogP contribution in [0.5, 0.6) is 5.75 Å². The van der Waals surface area contributed by atoms with Gasteiger partial charge in [-0.2, -0.15) is 13.2 Å². The summed E-state index contributed by atoms with van der Waals surface area (Å²) < 4.78 is 44.0. The van der Waals surface area contributed by atoms with Crippen molar-refractivity contribution in [2.24, 2.45) is 5.73 Å². The van der Waals surface area contributed by atoms with E-state index in [0.717, 1.165) is 12.1 Å². The number of nitro groups is 1. The molecular formula is C13H17F3N2O3. The summed E-state index contributed by atoms with van der Waals surface area (Å²) in [6.45, 7) is 3.53. The Morgan fingerprint density at radius 3 is 2.29 bits per heavy atom. The third-order valence-corrected chi connectivity index (χ3v) is 3.40. The monoisotopic (exact) mass is 306 g/mol. The Morgan fingerprint density at radius 2 is 1.86 bits per heavy atom. The third-order valence-electron chi connectivity index (χ3n) is 3.40. The van der Waals surface area contributed by atoms with Crippen molar-refractivity contribution in [2.45, 2.75) is 38.4 Å². The van der Waals surface area contributed by atoms with E-state index in [0.29, 0.717) is 18.9 Å². The number of alkyl halides is 3. The van der Waals surface area contributed by atoms with Crippen molar-refractivity contribution in [3.8, 4) is 5.75 Å². The highest BCUT2D eigenvalue weighted by Gasteiger charge is 2.36. The minimum atomic E-state index is -4.74. The molecule has 0 atom stereocenters. The van der Waals surface area contributed by atoms with Crippen molar-refractivity contribution >= 4 is 5.69 Å². The van der Waals surface area contributed by atoms with Crippen LogP contribution in [0.2, 0.25) is 0 Å². The average Bonchev–Trinajstić information content (AvgIpc) is 2.43. The molecule has 0 saturated carbocycles. The maximum atomic E-state index is 12.9. The van der Waals surface area contributed by atoms with Gasteiger partial charge in [0, 0.05) is 17.7 Å². The van der Waals surface area contributed by atoms with Gasteiger partial charge in [-0.1, -0.05) is 13.8 Å². The number of hydrogen-bond donors (Lipinski definition) is 1. The van der Waals surface area contributed by atoms with Gasteiger partial charge in [0.2, 0.25) is 0 Å². The first-order chi connectivity index (χ1) is 9.63. The lowest BCUT2D eigenvalue weighted by atomic mass is 9.95. The molecule has 1 aromatic carbocycles. The van der Waals surface area contributed by atoms with E-state index >= 15 is 0 Å². The summed E-state index contributed by atoms with van der Waals surface area (Å²) in [6.07, 6.45) is -3.66. The highest BCUT2D eigenvalue weighted by Crippen LogP contribution is 2.38. The first kappa shape index (κ1) is 17.2. The molecule has 0 saturated heterocycles. The largest absolute Gasteiger partial charge is 0.491 e. The summed E-state index contributed by atoms with van der Waals surface area (Å²) in [6, 6.07) is 2.39. The van der Waals surface area contributed by atoms with Crippen LogP contribution in [0.1, 0.15) is 32.3 Å². The number of rotatable bonds is 6. The number of nitrogens with zero attached hydrogens (tertiary/aromatic N) is 1. The van der Waals surface area contributed by atoms with Crippen molar-refractivity contribution in [3.05, 3.63) is 33.9 Å². The fourth-order valence-corrected chi connectivity index (χ4v) is 1.65. The predicted molar refractivity (Wildman–Crippen MR) is 71.1 cm³/mol. The molecule has 0 spiro atoms. The van der Waals surface area contributed by atoms with Crippen LogP contribution in [-0.4, -0.2) is 17.1 Å². The van der Waals surface area contributed by atoms with Gasteiger partial charge in [-0.15, -0.1) is 0 Å². The van der Waals surface area contributed by atoms with E-state index in [2.05, 4.69) is 0 Å². The topological polar surface area (TPSA) is 78.4 Å². The van der Waals surface area contributed by atoms with E-state index in [1.165, 1.54) is 0 Å². The lowest BCUT2D eigenvalue weighted by Gasteiger charge is -2.27. The Kier molecular flexibility index (Phi) is 5.16. The molecule has 21 heavy (non-hydrogen) atoms. The van der Waals surface area contributed by atoms with Crippen LogP contribution in [0.15, 0.2) is 18.2 Å². The minimum Gasteiger partial charge on any atom is -0.491 e. The highest BCUT2D eigenvalue weighted by atomic mass is 19.4. The Bertz CT molecular complexity index is 514. The minimum absolute atomic E-state index is 0.0963. The van der Waals surface area contributed by atoms with Crippen LogP contribution < -0.4 is 10.5 Å². The van der Waals surface area contributed by atoms with Crippen LogP contribution >= 0.6 is 0 Å². The van der Waals surface area contributed by atoms with Crippen LogP contribution in [-0.2, 0) is 6.18 Å². The summed E-state index contributed by atoms with van der Waals surface area (Å²) in [5, 5.41) is 10.6. The number of nitro benzene ring substituents is 1. The van der Waals surface area contributed by atoms with Crippen molar-refractivity contribution < 1.29 is 22.8 Å². The summed E-state index contributed by atoms with van der Waals surface area (Å²) in [5.41, 5.74) is 3.42. The maximum absolute atomic E-state index is 12.9. The quantitative estimate of drug-likeness (QED) is 0.644. The number of ether oxygens (including phenoxy) is 1. The molecule has 0 amide bonds. The molecule has 0 aliphatic carbocycles. The van der Waals surface area contributed by atoms with Gasteiger partial charge in [-0.25, -0.2) is 0 Å². The Morgan fingerprint density at radius 1 is 1.29 bits per heavy atom. The first-order valence-electron chi connectivity index (χ1n) is 6.40. The van der Waals surface area contributed by atoms with Gasteiger partial charge in [0.1, 0.15) is 17.9 Å². The second-order valence-electron chi connectivity index (χ2n) is 4.79. The number of hydrogen-bond acceptors (Lipinski definition) is 4. The van der Waals surface area contributed by atoms with Gasteiger partial charge in [0.05, 0.1) is 4.92 Å². The normalized spacial score (nSPS) is 12.3. The van der Waals surface area contributed by atoms with Crippen LogP contribution in [0.3, 0.4) is 0 Å². The molecule has 0 radical (unpaired) electrons. The van der Waals surface area contributed by atoms with Gasteiger partial charge in [-0.05, 0) is 18.9 Å². The molecule has 0 bridgehead atoms. The Labute approximate surface area is 120 Å². The number of halogens is 3.